The zero-order valence-electron chi connectivity index (χ0n) is 17.2. The van der Waals surface area contributed by atoms with E-state index in [2.05, 4.69) is 33.8 Å². The second-order valence-corrected chi connectivity index (χ2v) is 8.46. The zero-order chi connectivity index (χ0) is 20.3. The molecule has 0 spiro atoms. The molecule has 2 aliphatic rings. The summed E-state index contributed by atoms with van der Waals surface area (Å²) in [5.74, 6) is 0.175. The number of esters is 1. The first-order chi connectivity index (χ1) is 13.3. The summed E-state index contributed by atoms with van der Waals surface area (Å²) < 4.78 is 10.7. The third-order valence-corrected chi connectivity index (χ3v) is 5.74. The highest BCUT2D eigenvalue weighted by atomic mass is 16.6. The van der Waals surface area contributed by atoms with Gasteiger partial charge in [0, 0.05) is 11.6 Å². The summed E-state index contributed by atoms with van der Waals surface area (Å²) in [7, 11) is 0. The highest BCUT2D eigenvalue weighted by Crippen LogP contribution is 2.42. The Balaban J connectivity index is 1.63. The summed E-state index contributed by atoms with van der Waals surface area (Å²) in [6, 6.07) is 7.37. The van der Waals surface area contributed by atoms with Crippen LogP contribution in [0.3, 0.4) is 0 Å². The van der Waals surface area contributed by atoms with Crippen LogP contribution in [-0.4, -0.2) is 24.0 Å². The number of aliphatic hydroxyl groups excluding tert-OH is 1. The number of carbonyl (C=O) groups excluding carboxylic acids is 1. The zero-order valence-corrected chi connectivity index (χ0v) is 17.2. The molecule has 1 atom stereocenters. The van der Waals surface area contributed by atoms with Gasteiger partial charge in [0.2, 0.25) is 6.29 Å². The molecule has 0 aromatic heterocycles. The van der Waals surface area contributed by atoms with Crippen LogP contribution in [0.2, 0.25) is 0 Å². The average Bonchev–Trinajstić information content (AvgIpc) is 2.97. The van der Waals surface area contributed by atoms with Crippen molar-refractivity contribution in [2.24, 2.45) is 5.41 Å². The fourth-order valence-electron chi connectivity index (χ4n) is 4.05. The number of hydrogen-bond acceptors (Lipinski definition) is 4. The molecular formula is C24H30O4. The number of cyclic esters (lactones) is 1. The number of ether oxygens (including phenoxy) is 2. The first kappa shape index (κ1) is 20.4. The minimum Gasteiger partial charge on any atom is -0.489 e. The molecule has 3 rings (SSSR count). The number of aliphatic hydroxyl groups is 1. The van der Waals surface area contributed by atoms with Gasteiger partial charge >= 0.3 is 5.97 Å². The standard InChI is InChI=1S/C24H30O4/c1-16(10-11-21-17(2)7-6-12-24(21,3)4)15-27-19-9-5-8-18(13-19)20-14-22(25)28-23(20)26/h5,8-10,13-14,23,26H,6-7,11-12,15H2,1-4H3. The molecule has 150 valence electrons. The van der Waals surface area contributed by atoms with E-state index in [0.29, 0.717) is 17.9 Å². The lowest BCUT2D eigenvalue weighted by Gasteiger charge is -2.34. The molecular weight excluding hydrogens is 352 g/mol. The van der Waals surface area contributed by atoms with Gasteiger partial charge in [-0.3, -0.25) is 0 Å². The Morgan fingerprint density at radius 1 is 1.39 bits per heavy atom. The van der Waals surface area contributed by atoms with Crippen molar-refractivity contribution in [1.29, 1.82) is 0 Å². The molecule has 1 heterocycles. The molecule has 0 saturated heterocycles. The van der Waals surface area contributed by atoms with Gasteiger partial charge in [-0.1, -0.05) is 43.2 Å². The van der Waals surface area contributed by atoms with Gasteiger partial charge < -0.3 is 14.6 Å². The summed E-state index contributed by atoms with van der Waals surface area (Å²) in [4.78, 5) is 11.3. The van der Waals surface area contributed by atoms with Crippen molar-refractivity contribution >= 4 is 11.5 Å². The number of carbonyl (C=O) groups is 1. The number of hydrogen-bond donors (Lipinski definition) is 1. The maximum atomic E-state index is 11.3. The molecule has 1 aromatic carbocycles. The van der Waals surface area contributed by atoms with Crippen molar-refractivity contribution in [3.63, 3.8) is 0 Å². The van der Waals surface area contributed by atoms with E-state index in [1.165, 1.54) is 36.5 Å². The molecule has 0 fully saturated rings. The van der Waals surface area contributed by atoms with Crippen LogP contribution in [0.5, 0.6) is 5.75 Å². The summed E-state index contributed by atoms with van der Waals surface area (Å²) >= 11 is 0. The first-order valence-corrected chi connectivity index (χ1v) is 9.94. The molecule has 1 N–H and O–H groups in total. The van der Waals surface area contributed by atoms with Crippen LogP contribution in [0.15, 0.2) is 53.1 Å². The Kier molecular flexibility index (Phi) is 6.09. The average molecular weight is 383 g/mol. The molecule has 4 nitrogen and oxygen atoms in total. The molecule has 0 saturated carbocycles. The van der Waals surface area contributed by atoms with Gasteiger partial charge in [-0.15, -0.1) is 0 Å². The van der Waals surface area contributed by atoms with Gasteiger partial charge in [0.15, 0.2) is 0 Å². The third-order valence-electron chi connectivity index (χ3n) is 5.74. The van der Waals surface area contributed by atoms with Gasteiger partial charge in [0.1, 0.15) is 12.4 Å². The lowest BCUT2D eigenvalue weighted by molar-refractivity contribution is -0.149. The molecule has 1 aliphatic carbocycles. The Hall–Kier alpha value is -2.33. The molecule has 28 heavy (non-hydrogen) atoms. The van der Waals surface area contributed by atoms with E-state index in [1.54, 1.807) is 5.57 Å². The molecule has 4 heteroatoms. The fraction of sp³-hybridized carbons (Fsp3) is 0.458. The second kappa shape index (κ2) is 8.36. The third kappa shape index (κ3) is 4.74. The summed E-state index contributed by atoms with van der Waals surface area (Å²) in [6.45, 7) is 9.55. The van der Waals surface area contributed by atoms with Crippen LogP contribution in [0.4, 0.5) is 0 Å². The van der Waals surface area contributed by atoms with E-state index < -0.39 is 12.3 Å². The van der Waals surface area contributed by atoms with Gasteiger partial charge in [0.25, 0.3) is 0 Å². The summed E-state index contributed by atoms with van der Waals surface area (Å²) in [6.07, 6.45) is 7.10. The molecule has 0 radical (unpaired) electrons. The second-order valence-electron chi connectivity index (χ2n) is 8.46. The largest absolute Gasteiger partial charge is 0.489 e. The van der Waals surface area contributed by atoms with E-state index in [4.69, 9.17) is 9.47 Å². The monoisotopic (exact) mass is 382 g/mol. The van der Waals surface area contributed by atoms with E-state index >= 15 is 0 Å². The topological polar surface area (TPSA) is 55.8 Å². The number of allylic oxidation sites excluding steroid dienone is 3. The van der Waals surface area contributed by atoms with Gasteiger partial charge in [0.05, 0.1) is 0 Å². The molecule has 0 bridgehead atoms. The Morgan fingerprint density at radius 2 is 2.18 bits per heavy atom. The van der Waals surface area contributed by atoms with Gasteiger partial charge in [-0.25, -0.2) is 4.79 Å². The van der Waals surface area contributed by atoms with E-state index in [1.807, 2.05) is 24.3 Å². The predicted molar refractivity (Wildman–Crippen MR) is 111 cm³/mol. The van der Waals surface area contributed by atoms with Crippen LogP contribution in [0.25, 0.3) is 5.57 Å². The van der Waals surface area contributed by atoms with E-state index in [0.717, 1.165) is 12.0 Å². The van der Waals surface area contributed by atoms with Crippen molar-refractivity contribution < 1.29 is 19.4 Å². The quantitative estimate of drug-likeness (QED) is 0.544. The number of rotatable bonds is 6. The highest BCUT2D eigenvalue weighted by molar-refractivity contribution is 5.96. The maximum Gasteiger partial charge on any atom is 0.333 e. The smallest absolute Gasteiger partial charge is 0.333 e. The normalized spacial score (nSPS) is 22.2. The van der Waals surface area contributed by atoms with Crippen molar-refractivity contribution in [3.8, 4) is 5.75 Å². The van der Waals surface area contributed by atoms with Crippen molar-refractivity contribution in [1.82, 2.24) is 0 Å². The van der Waals surface area contributed by atoms with E-state index in [-0.39, 0.29) is 5.41 Å². The minimum atomic E-state index is -1.21. The lowest BCUT2D eigenvalue weighted by atomic mass is 9.71. The van der Waals surface area contributed by atoms with Gasteiger partial charge in [-0.2, -0.15) is 0 Å². The van der Waals surface area contributed by atoms with Crippen LogP contribution < -0.4 is 4.74 Å². The number of benzene rings is 1. The Morgan fingerprint density at radius 3 is 2.86 bits per heavy atom. The van der Waals surface area contributed by atoms with Crippen molar-refractivity contribution in [2.75, 3.05) is 6.61 Å². The highest BCUT2D eigenvalue weighted by Gasteiger charge is 2.27. The van der Waals surface area contributed by atoms with Crippen molar-refractivity contribution in [3.05, 3.63) is 58.7 Å². The molecule has 1 aromatic rings. The maximum absolute atomic E-state index is 11.3. The Bertz CT molecular complexity index is 842. The van der Waals surface area contributed by atoms with Crippen LogP contribution in [0.1, 0.15) is 58.9 Å². The molecule has 0 amide bonds. The summed E-state index contributed by atoms with van der Waals surface area (Å²) in [5.41, 5.74) is 5.75. The van der Waals surface area contributed by atoms with Gasteiger partial charge in [-0.05, 0) is 68.2 Å². The summed E-state index contributed by atoms with van der Waals surface area (Å²) in [5, 5.41) is 9.81. The molecule has 1 unspecified atom stereocenters. The minimum absolute atomic E-state index is 0.281. The fourth-order valence-corrected chi connectivity index (χ4v) is 4.05. The SMILES string of the molecule is CC(=CCC1=C(C)CCCC1(C)C)COc1cccc(C2=CC(=O)OC2O)c1. The van der Waals surface area contributed by atoms with Crippen LogP contribution in [-0.2, 0) is 9.53 Å². The first-order valence-electron chi connectivity index (χ1n) is 9.94. The Labute approximate surface area is 167 Å². The van der Waals surface area contributed by atoms with Crippen LogP contribution >= 0.6 is 0 Å². The lowest BCUT2D eigenvalue weighted by Crippen LogP contribution is -2.20. The van der Waals surface area contributed by atoms with Crippen molar-refractivity contribution in [2.45, 2.75) is 59.7 Å². The van der Waals surface area contributed by atoms with Crippen LogP contribution in [0, 0.1) is 5.41 Å². The molecule has 1 aliphatic heterocycles. The predicted octanol–water partition coefficient (Wildman–Crippen LogP) is 5.19. The van der Waals surface area contributed by atoms with E-state index in [9.17, 15) is 9.90 Å².